The van der Waals surface area contributed by atoms with Gasteiger partial charge in [-0.15, -0.1) is 0 Å². The van der Waals surface area contributed by atoms with Gasteiger partial charge in [0.1, 0.15) is 42.6 Å². The van der Waals surface area contributed by atoms with Crippen LogP contribution in [0, 0.1) is 11.8 Å². The number of nitrogens with zero attached hydrogens (tertiary/aromatic N) is 5. The lowest BCUT2D eigenvalue weighted by atomic mass is 9.94. The van der Waals surface area contributed by atoms with Crippen molar-refractivity contribution in [1.82, 2.24) is 24.5 Å². The van der Waals surface area contributed by atoms with Gasteiger partial charge in [0, 0.05) is 53.9 Å². The van der Waals surface area contributed by atoms with Crippen LogP contribution in [0.5, 0.6) is 11.5 Å². The molecule has 12 heteroatoms. The second kappa shape index (κ2) is 17.1. The zero-order chi connectivity index (χ0) is 36.7. The standard InChI is InChI=1S/C39H51N5O7/c1-25(2)38(47)36-31-16-14-29(49-5)20-33(31)43(40-36)22-28(45)24-51-19-11-10-18-42(27-12-8-7-9-13-27)35(46)23-44-34-21-30(50-6)15-17-32(34)37(41-44)39(48)26(3)4/h14-17,20-21,25-27H,7-13,18-19,22-24H2,1-6H3. The van der Waals surface area contributed by atoms with E-state index in [1.165, 1.54) is 6.42 Å². The number of carbonyl (C=O) groups excluding carboxylic acids is 4. The summed E-state index contributed by atoms with van der Waals surface area (Å²) in [5, 5.41) is 10.5. The first-order valence-electron chi connectivity index (χ1n) is 18.1. The predicted molar refractivity (Wildman–Crippen MR) is 195 cm³/mol. The summed E-state index contributed by atoms with van der Waals surface area (Å²) in [4.78, 5) is 54.7. The maximum atomic E-state index is 14.0. The number of ketones is 3. The minimum atomic E-state index is -0.232. The fourth-order valence-electron chi connectivity index (χ4n) is 6.72. The number of hydrogen-bond acceptors (Lipinski definition) is 9. The van der Waals surface area contributed by atoms with Crippen molar-refractivity contribution in [2.45, 2.75) is 91.8 Å². The minimum Gasteiger partial charge on any atom is -0.497 e. The molecule has 12 nitrogen and oxygen atoms in total. The van der Waals surface area contributed by atoms with Crippen molar-refractivity contribution in [2.24, 2.45) is 11.8 Å². The second-order valence-electron chi connectivity index (χ2n) is 14.0. The first-order chi connectivity index (χ1) is 24.5. The number of carbonyl (C=O) groups is 4. The normalized spacial score (nSPS) is 13.7. The van der Waals surface area contributed by atoms with Gasteiger partial charge in [-0.05, 0) is 49.9 Å². The minimum absolute atomic E-state index is 0.0228. The molecule has 0 spiro atoms. The molecule has 2 aromatic heterocycles. The SMILES string of the molecule is COc1ccc2c(C(=O)C(C)C)nn(CC(=O)COCCCCN(C(=O)Cn3nc(C(=O)C(C)C)c4ccc(OC)cc43)C3CCCCC3)c2c1. The Morgan fingerprint density at radius 1 is 0.765 bits per heavy atom. The van der Waals surface area contributed by atoms with E-state index in [1.807, 2.05) is 44.7 Å². The number of ether oxygens (including phenoxy) is 3. The van der Waals surface area contributed by atoms with Crippen molar-refractivity contribution in [1.29, 1.82) is 0 Å². The first-order valence-corrected chi connectivity index (χ1v) is 18.1. The van der Waals surface area contributed by atoms with E-state index in [9.17, 15) is 19.2 Å². The Kier molecular flexibility index (Phi) is 12.6. The number of rotatable bonds is 18. The highest BCUT2D eigenvalue weighted by Crippen LogP contribution is 2.28. The van der Waals surface area contributed by atoms with Crippen LogP contribution in [-0.4, -0.2) is 87.7 Å². The highest BCUT2D eigenvalue weighted by molar-refractivity contribution is 6.08. The number of fused-ring (bicyclic) bond motifs is 2. The molecule has 274 valence electrons. The van der Waals surface area contributed by atoms with Crippen LogP contribution in [0.2, 0.25) is 0 Å². The summed E-state index contributed by atoms with van der Waals surface area (Å²) >= 11 is 0. The molecule has 0 N–H and O–H groups in total. The van der Waals surface area contributed by atoms with Gasteiger partial charge in [0.15, 0.2) is 17.3 Å². The molecular formula is C39H51N5O7. The Balaban J connectivity index is 1.19. The molecule has 1 aliphatic carbocycles. The Morgan fingerprint density at radius 3 is 1.80 bits per heavy atom. The third-order valence-electron chi connectivity index (χ3n) is 9.58. The van der Waals surface area contributed by atoms with Gasteiger partial charge < -0.3 is 19.1 Å². The van der Waals surface area contributed by atoms with Crippen LogP contribution < -0.4 is 9.47 Å². The number of Topliss-reactive ketones (excluding diaryl/α,β-unsaturated/α-hetero) is 3. The molecule has 1 saturated carbocycles. The first kappa shape index (κ1) is 37.7. The number of amides is 1. The highest BCUT2D eigenvalue weighted by atomic mass is 16.5. The molecule has 5 rings (SSSR count). The highest BCUT2D eigenvalue weighted by Gasteiger charge is 2.28. The quantitative estimate of drug-likeness (QED) is 0.0864. The lowest BCUT2D eigenvalue weighted by Gasteiger charge is -2.34. The van der Waals surface area contributed by atoms with E-state index in [2.05, 4.69) is 10.2 Å². The maximum absolute atomic E-state index is 14.0. The zero-order valence-electron chi connectivity index (χ0n) is 30.8. The van der Waals surface area contributed by atoms with E-state index in [1.54, 1.807) is 47.8 Å². The van der Waals surface area contributed by atoms with Gasteiger partial charge in [0.25, 0.3) is 0 Å². The number of benzene rings is 2. The van der Waals surface area contributed by atoms with E-state index in [4.69, 9.17) is 14.2 Å². The molecular weight excluding hydrogens is 650 g/mol. The van der Waals surface area contributed by atoms with Gasteiger partial charge in [-0.25, -0.2) is 0 Å². The predicted octanol–water partition coefficient (Wildman–Crippen LogP) is 6.31. The Labute approximate surface area is 299 Å². The van der Waals surface area contributed by atoms with Crippen LogP contribution in [0.3, 0.4) is 0 Å². The molecule has 0 atom stereocenters. The molecule has 51 heavy (non-hydrogen) atoms. The summed E-state index contributed by atoms with van der Waals surface area (Å²) in [6, 6.07) is 11.0. The average Bonchev–Trinajstić information content (AvgIpc) is 3.67. The molecule has 1 aliphatic rings. The van der Waals surface area contributed by atoms with E-state index in [0.717, 1.165) is 25.7 Å². The molecule has 0 saturated heterocycles. The molecule has 0 radical (unpaired) electrons. The van der Waals surface area contributed by atoms with Gasteiger partial charge in [-0.1, -0.05) is 47.0 Å². The van der Waals surface area contributed by atoms with E-state index >= 15 is 0 Å². The van der Waals surface area contributed by atoms with Gasteiger partial charge in [0.2, 0.25) is 5.91 Å². The molecule has 4 aromatic rings. The van der Waals surface area contributed by atoms with Crippen molar-refractivity contribution in [3.05, 3.63) is 47.8 Å². The molecule has 1 fully saturated rings. The van der Waals surface area contributed by atoms with Crippen molar-refractivity contribution in [3.63, 3.8) is 0 Å². The fraction of sp³-hybridized carbons (Fsp3) is 0.538. The number of unbranched alkanes of at least 4 members (excludes halogenated alkanes) is 1. The van der Waals surface area contributed by atoms with Crippen LogP contribution in [0.25, 0.3) is 21.8 Å². The summed E-state index contributed by atoms with van der Waals surface area (Å²) < 4.78 is 19.8. The number of aromatic nitrogens is 4. The van der Waals surface area contributed by atoms with Crippen molar-refractivity contribution in [2.75, 3.05) is 34.0 Å². The molecule has 0 aliphatic heterocycles. The molecule has 2 heterocycles. The van der Waals surface area contributed by atoms with E-state index < -0.39 is 0 Å². The molecule has 1 amide bonds. The average molecular weight is 702 g/mol. The number of methoxy groups -OCH3 is 2. The van der Waals surface area contributed by atoms with Gasteiger partial charge >= 0.3 is 0 Å². The van der Waals surface area contributed by atoms with Crippen LogP contribution in [0.4, 0.5) is 0 Å². The van der Waals surface area contributed by atoms with Gasteiger partial charge in [0.05, 0.1) is 25.3 Å². The van der Waals surface area contributed by atoms with Gasteiger partial charge in [-0.3, -0.25) is 28.5 Å². The number of hydrogen-bond donors (Lipinski definition) is 0. The Hall–Kier alpha value is -4.58. The molecule has 2 aromatic carbocycles. The molecule has 0 unspecified atom stereocenters. The zero-order valence-corrected chi connectivity index (χ0v) is 30.8. The Morgan fingerprint density at radius 2 is 1.29 bits per heavy atom. The lowest BCUT2D eigenvalue weighted by molar-refractivity contribution is -0.135. The van der Waals surface area contributed by atoms with Crippen LogP contribution in [0.1, 0.15) is 93.6 Å². The van der Waals surface area contributed by atoms with E-state index in [0.29, 0.717) is 70.7 Å². The van der Waals surface area contributed by atoms with Crippen LogP contribution >= 0.6 is 0 Å². The topological polar surface area (TPSA) is 135 Å². The maximum Gasteiger partial charge on any atom is 0.244 e. The third kappa shape index (κ3) is 8.84. The Bertz CT molecular complexity index is 1870. The van der Waals surface area contributed by atoms with Gasteiger partial charge in [-0.2, -0.15) is 10.2 Å². The third-order valence-corrected chi connectivity index (χ3v) is 9.58. The van der Waals surface area contributed by atoms with Crippen molar-refractivity contribution < 1.29 is 33.4 Å². The summed E-state index contributed by atoms with van der Waals surface area (Å²) in [6.07, 6.45) is 6.64. The summed E-state index contributed by atoms with van der Waals surface area (Å²) in [6.45, 7) is 8.18. The van der Waals surface area contributed by atoms with Crippen LogP contribution in [0.15, 0.2) is 36.4 Å². The summed E-state index contributed by atoms with van der Waals surface area (Å²) in [5.74, 6) is 0.432. The van der Waals surface area contributed by atoms with Crippen molar-refractivity contribution >= 4 is 45.1 Å². The monoisotopic (exact) mass is 701 g/mol. The van der Waals surface area contributed by atoms with Crippen molar-refractivity contribution in [3.8, 4) is 11.5 Å². The summed E-state index contributed by atoms with van der Waals surface area (Å²) in [7, 11) is 3.15. The lowest BCUT2D eigenvalue weighted by Crippen LogP contribution is -2.43. The fourth-order valence-corrected chi connectivity index (χ4v) is 6.72. The van der Waals surface area contributed by atoms with Crippen LogP contribution in [-0.2, 0) is 27.4 Å². The van der Waals surface area contributed by atoms with E-state index in [-0.39, 0.29) is 60.8 Å². The largest absolute Gasteiger partial charge is 0.497 e. The smallest absolute Gasteiger partial charge is 0.244 e. The molecule has 0 bridgehead atoms. The summed E-state index contributed by atoms with van der Waals surface area (Å²) in [5.41, 5.74) is 2.07. The second-order valence-corrected chi connectivity index (χ2v) is 14.0.